The Morgan fingerprint density at radius 3 is 3.06 bits per heavy atom. The van der Waals surface area contributed by atoms with Gasteiger partial charge in [0.2, 0.25) is 0 Å². The first kappa shape index (κ1) is 11.1. The molecule has 0 bridgehead atoms. The van der Waals surface area contributed by atoms with Crippen molar-refractivity contribution >= 4 is 11.7 Å². The molecule has 0 aromatic heterocycles. The Morgan fingerprint density at radius 1 is 1.50 bits per heavy atom. The van der Waals surface area contributed by atoms with Crippen molar-refractivity contribution < 1.29 is 14.6 Å². The number of hydrogen-bond acceptors (Lipinski definition) is 3. The van der Waals surface area contributed by atoms with Crippen molar-refractivity contribution in [2.45, 2.75) is 18.4 Å². The van der Waals surface area contributed by atoms with Gasteiger partial charge in [-0.25, -0.2) is 4.79 Å². The van der Waals surface area contributed by atoms with Crippen LogP contribution < -0.4 is 10.1 Å². The molecule has 3 atom stereocenters. The Hall–Kier alpha value is -1.97. The molecule has 4 heteroatoms. The molecule has 1 heterocycles. The second kappa shape index (κ2) is 4.05. The maximum absolute atomic E-state index is 11.3. The van der Waals surface area contributed by atoms with E-state index in [1.165, 1.54) is 0 Å². The van der Waals surface area contributed by atoms with E-state index in [2.05, 4.69) is 17.5 Å². The fourth-order valence-electron chi connectivity index (χ4n) is 2.94. The predicted molar refractivity (Wildman–Crippen MR) is 68.0 cm³/mol. The first-order valence-corrected chi connectivity index (χ1v) is 6.04. The number of benzene rings is 1. The minimum atomic E-state index is -0.782. The Kier molecular flexibility index (Phi) is 2.51. The summed E-state index contributed by atoms with van der Waals surface area (Å²) in [5.41, 5.74) is 2.03. The zero-order chi connectivity index (χ0) is 12.7. The summed E-state index contributed by atoms with van der Waals surface area (Å²) >= 11 is 0. The van der Waals surface area contributed by atoms with Crippen molar-refractivity contribution in [2.24, 2.45) is 5.92 Å². The van der Waals surface area contributed by atoms with Crippen LogP contribution in [0.25, 0.3) is 0 Å². The summed E-state index contributed by atoms with van der Waals surface area (Å²) in [5, 5.41) is 12.4. The standard InChI is InChI=1S/C14H15NO3/c1-18-8-5-6-12-11(7-8)9-3-2-4-10(9)13(15-12)14(16)17/h2-3,5-7,9-10,13,15H,4H2,1H3,(H,16,17)/t9-,10-,13-/m0/s1. The largest absolute Gasteiger partial charge is 0.497 e. The topological polar surface area (TPSA) is 58.6 Å². The Bertz CT molecular complexity index is 524. The SMILES string of the molecule is COc1ccc2c(c1)[C@H]1C=CC[C@@H]1[C@@H](C(=O)O)N2. The molecule has 94 valence electrons. The molecule has 0 saturated heterocycles. The summed E-state index contributed by atoms with van der Waals surface area (Å²) in [6.45, 7) is 0. The van der Waals surface area contributed by atoms with E-state index in [0.717, 1.165) is 23.4 Å². The maximum atomic E-state index is 11.3. The molecule has 4 nitrogen and oxygen atoms in total. The normalized spacial score (nSPS) is 28.2. The zero-order valence-corrected chi connectivity index (χ0v) is 10.1. The molecule has 0 radical (unpaired) electrons. The summed E-state index contributed by atoms with van der Waals surface area (Å²) in [6.07, 6.45) is 4.99. The molecular weight excluding hydrogens is 230 g/mol. The van der Waals surface area contributed by atoms with Crippen molar-refractivity contribution in [1.82, 2.24) is 0 Å². The van der Waals surface area contributed by atoms with Gasteiger partial charge in [-0.15, -0.1) is 0 Å². The zero-order valence-electron chi connectivity index (χ0n) is 10.1. The second-order valence-corrected chi connectivity index (χ2v) is 4.77. The van der Waals surface area contributed by atoms with Gasteiger partial charge in [-0.1, -0.05) is 12.2 Å². The summed E-state index contributed by atoms with van der Waals surface area (Å²) in [7, 11) is 1.64. The van der Waals surface area contributed by atoms with Crippen molar-refractivity contribution in [2.75, 3.05) is 12.4 Å². The second-order valence-electron chi connectivity index (χ2n) is 4.77. The quantitative estimate of drug-likeness (QED) is 0.784. The molecule has 18 heavy (non-hydrogen) atoms. The Labute approximate surface area is 105 Å². The van der Waals surface area contributed by atoms with Crippen LogP contribution in [0.3, 0.4) is 0 Å². The highest BCUT2D eigenvalue weighted by Gasteiger charge is 2.40. The molecule has 1 aliphatic heterocycles. The molecule has 0 amide bonds. The smallest absolute Gasteiger partial charge is 0.326 e. The van der Waals surface area contributed by atoms with Gasteiger partial charge in [-0.2, -0.15) is 0 Å². The Morgan fingerprint density at radius 2 is 2.33 bits per heavy atom. The van der Waals surface area contributed by atoms with Crippen LogP contribution in [0, 0.1) is 5.92 Å². The van der Waals surface area contributed by atoms with Gasteiger partial charge in [0.1, 0.15) is 11.8 Å². The third-order valence-electron chi connectivity index (χ3n) is 3.84. The highest BCUT2D eigenvalue weighted by molar-refractivity contribution is 5.80. The number of allylic oxidation sites excluding steroid dienone is 2. The van der Waals surface area contributed by atoms with Crippen LogP contribution in [-0.2, 0) is 4.79 Å². The van der Waals surface area contributed by atoms with Crippen molar-refractivity contribution in [3.63, 3.8) is 0 Å². The van der Waals surface area contributed by atoms with E-state index >= 15 is 0 Å². The predicted octanol–water partition coefficient (Wildman–Crippen LogP) is 2.23. The van der Waals surface area contributed by atoms with Crippen LogP contribution in [0.5, 0.6) is 5.75 Å². The highest BCUT2D eigenvalue weighted by atomic mass is 16.5. The van der Waals surface area contributed by atoms with E-state index in [1.807, 2.05) is 18.2 Å². The third-order valence-corrected chi connectivity index (χ3v) is 3.84. The lowest BCUT2D eigenvalue weighted by molar-refractivity contribution is -0.139. The molecule has 2 N–H and O–H groups in total. The van der Waals surface area contributed by atoms with E-state index in [1.54, 1.807) is 7.11 Å². The summed E-state index contributed by atoms with van der Waals surface area (Å²) < 4.78 is 5.23. The van der Waals surface area contributed by atoms with Gasteiger partial charge in [0.25, 0.3) is 0 Å². The summed E-state index contributed by atoms with van der Waals surface area (Å²) in [6, 6.07) is 5.23. The number of carbonyl (C=O) groups is 1. The van der Waals surface area contributed by atoms with Gasteiger partial charge in [-0.05, 0) is 30.2 Å². The van der Waals surface area contributed by atoms with E-state index < -0.39 is 12.0 Å². The third kappa shape index (κ3) is 1.56. The maximum Gasteiger partial charge on any atom is 0.326 e. The molecule has 1 aliphatic carbocycles. The monoisotopic (exact) mass is 245 g/mol. The van der Waals surface area contributed by atoms with Crippen molar-refractivity contribution in [1.29, 1.82) is 0 Å². The van der Waals surface area contributed by atoms with Gasteiger partial charge in [0.15, 0.2) is 0 Å². The molecule has 3 rings (SSSR count). The number of ether oxygens (including phenoxy) is 1. The number of rotatable bonds is 2. The van der Waals surface area contributed by atoms with Crippen molar-refractivity contribution in [3.8, 4) is 5.75 Å². The van der Waals surface area contributed by atoms with Gasteiger partial charge < -0.3 is 15.2 Å². The van der Waals surface area contributed by atoms with Crippen molar-refractivity contribution in [3.05, 3.63) is 35.9 Å². The lowest BCUT2D eigenvalue weighted by Gasteiger charge is -2.34. The number of hydrogen-bond donors (Lipinski definition) is 2. The van der Waals surface area contributed by atoms with Gasteiger partial charge in [0, 0.05) is 17.5 Å². The number of carboxylic acids is 1. The van der Waals surface area contributed by atoms with Crippen LogP contribution >= 0.6 is 0 Å². The number of anilines is 1. The molecule has 2 aliphatic rings. The van der Waals surface area contributed by atoms with Gasteiger partial charge >= 0.3 is 5.97 Å². The first-order chi connectivity index (χ1) is 8.70. The molecule has 0 saturated carbocycles. The average molecular weight is 245 g/mol. The molecule has 1 aromatic rings. The molecular formula is C14H15NO3. The molecule has 1 aromatic carbocycles. The van der Waals surface area contributed by atoms with E-state index in [9.17, 15) is 9.90 Å². The van der Waals surface area contributed by atoms with Gasteiger partial charge in [-0.3, -0.25) is 0 Å². The molecule has 0 fully saturated rings. The van der Waals surface area contributed by atoms with Gasteiger partial charge in [0.05, 0.1) is 7.11 Å². The molecule has 0 unspecified atom stereocenters. The van der Waals surface area contributed by atoms with Crippen LogP contribution in [-0.4, -0.2) is 24.2 Å². The number of aliphatic carboxylic acids is 1. The average Bonchev–Trinajstić information content (AvgIpc) is 2.86. The lowest BCUT2D eigenvalue weighted by Crippen LogP contribution is -2.41. The fourth-order valence-corrected chi connectivity index (χ4v) is 2.94. The van der Waals surface area contributed by atoms with Crippen LogP contribution in [0.4, 0.5) is 5.69 Å². The number of fused-ring (bicyclic) bond motifs is 3. The van der Waals surface area contributed by atoms with Crippen LogP contribution in [0.15, 0.2) is 30.4 Å². The molecule has 0 spiro atoms. The first-order valence-electron chi connectivity index (χ1n) is 6.04. The minimum absolute atomic E-state index is 0.0992. The number of carboxylic acid groups (broad SMARTS) is 1. The number of methoxy groups -OCH3 is 1. The highest BCUT2D eigenvalue weighted by Crippen LogP contribution is 2.45. The summed E-state index contributed by atoms with van der Waals surface area (Å²) in [5.74, 6) is 0.304. The van der Waals surface area contributed by atoms with Crippen LogP contribution in [0.2, 0.25) is 0 Å². The summed E-state index contributed by atoms with van der Waals surface area (Å²) in [4.78, 5) is 11.3. The lowest BCUT2D eigenvalue weighted by atomic mass is 9.79. The Balaban J connectivity index is 2.06. The van der Waals surface area contributed by atoms with Crippen LogP contribution in [0.1, 0.15) is 17.9 Å². The fraction of sp³-hybridized carbons (Fsp3) is 0.357. The van der Waals surface area contributed by atoms with E-state index in [-0.39, 0.29) is 11.8 Å². The van der Waals surface area contributed by atoms with E-state index in [0.29, 0.717) is 0 Å². The minimum Gasteiger partial charge on any atom is -0.497 e. The van der Waals surface area contributed by atoms with E-state index in [4.69, 9.17) is 4.74 Å². The number of nitrogens with one attached hydrogen (secondary N) is 1.